The van der Waals surface area contributed by atoms with E-state index in [1.165, 1.54) is 0 Å². The maximum Gasteiger partial charge on any atom is 0.252 e. The lowest BCUT2D eigenvalue weighted by Gasteiger charge is -2.33. The molecule has 2 atom stereocenters. The van der Waals surface area contributed by atoms with E-state index in [0.29, 0.717) is 25.3 Å². The molecule has 1 N–H and O–H groups in total. The van der Waals surface area contributed by atoms with Crippen molar-refractivity contribution in [2.45, 2.75) is 25.6 Å². The molecule has 7 heteroatoms. The third-order valence-electron chi connectivity index (χ3n) is 4.70. The van der Waals surface area contributed by atoms with Gasteiger partial charge in [-0.25, -0.2) is 0 Å². The van der Waals surface area contributed by atoms with E-state index >= 15 is 0 Å². The van der Waals surface area contributed by atoms with Crippen molar-refractivity contribution in [1.82, 2.24) is 20.1 Å². The van der Waals surface area contributed by atoms with Gasteiger partial charge in [-0.05, 0) is 39.2 Å². The lowest BCUT2D eigenvalue weighted by atomic mass is 10.1. The van der Waals surface area contributed by atoms with Crippen molar-refractivity contribution in [1.29, 1.82) is 0 Å². The average molecular weight is 382 g/mol. The maximum absolute atomic E-state index is 13.2. The highest BCUT2D eigenvalue weighted by Crippen LogP contribution is 2.25. The number of hydrogen-bond acceptors (Lipinski definition) is 5. The number of nitrogens with zero attached hydrogens (tertiary/aromatic N) is 3. The summed E-state index contributed by atoms with van der Waals surface area (Å²) in [6.45, 7) is 3.24. The van der Waals surface area contributed by atoms with Gasteiger partial charge in [0.2, 0.25) is 5.91 Å². The largest absolute Gasteiger partial charge is 0.491 e. The number of rotatable bonds is 5. The standard InChI is InChI=1S/C21H26N4O3/c1-15(23-20(26)16-8-10-22-11-9-16)21(27)25-12-17-6-4-5-7-19(17)28-14-18(25)13-24(2)3/h4-11,15,18H,12-14H2,1-3H3,(H,23,26). The zero-order chi connectivity index (χ0) is 20.1. The van der Waals surface area contributed by atoms with Gasteiger partial charge in [0.25, 0.3) is 5.91 Å². The van der Waals surface area contributed by atoms with Gasteiger partial charge in [0.1, 0.15) is 18.4 Å². The Morgan fingerprint density at radius 3 is 2.68 bits per heavy atom. The Balaban J connectivity index is 1.78. The van der Waals surface area contributed by atoms with Gasteiger partial charge in [0.15, 0.2) is 0 Å². The number of nitrogens with one attached hydrogen (secondary N) is 1. The highest BCUT2D eigenvalue weighted by atomic mass is 16.5. The van der Waals surface area contributed by atoms with Crippen LogP contribution in [0.3, 0.4) is 0 Å². The van der Waals surface area contributed by atoms with Crippen molar-refractivity contribution in [2.24, 2.45) is 0 Å². The number of hydrogen-bond donors (Lipinski definition) is 1. The number of carbonyl (C=O) groups is 2. The van der Waals surface area contributed by atoms with Gasteiger partial charge in [-0.2, -0.15) is 0 Å². The Kier molecular flexibility index (Phi) is 6.26. The van der Waals surface area contributed by atoms with Gasteiger partial charge in [0, 0.05) is 36.6 Å². The predicted octanol–water partition coefficient (Wildman–Crippen LogP) is 1.55. The second kappa shape index (κ2) is 8.84. The molecule has 0 saturated heterocycles. The van der Waals surface area contributed by atoms with E-state index in [0.717, 1.165) is 11.3 Å². The average Bonchev–Trinajstić information content (AvgIpc) is 2.87. The minimum atomic E-state index is -0.657. The zero-order valence-electron chi connectivity index (χ0n) is 16.5. The molecule has 0 bridgehead atoms. The molecule has 1 aliphatic heterocycles. The van der Waals surface area contributed by atoms with E-state index in [1.807, 2.05) is 48.2 Å². The first-order chi connectivity index (χ1) is 13.5. The van der Waals surface area contributed by atoms with Crippen LogP contribution < -0.4 is 10.1 Å². The fraction of sp³-hybridized carbons (Fsp3) is 0.381. The molecule has 2 aromatic rings. The number of para-hydroxylation sites is 1. The number of ether oxygens (including phenoxy) is 1. The number of aromatic nitrogens is 1. The molecule has 1 aromatic carbocycles. The van der Waals surface area contributed by atoms with E-state index < -0.39 is 6.04 Å². The summed E-state index contributed by atoms with van der Waals surface area (Å²) in [5, 5.41) is 2.80. The molecule has 0 aliphatic carbocycles. The smallest absolute Gasteiger partial charge is 0.252 e. The van der Waals surface area contributed by atoms with Crippen LogP contribution in [0.1, 0.15) is 22.8 Å². The lowest BCUT2D eigenvalue weighted by molar-refractivity contribution is -0.136. The number of benzene rings is 1. The Labute approximate surface area is 165 Å². The van der Waals surface area contributed by atoms with Gasteiger partial charge >= 0.3 is 0 Å². The zero-order valence-corrected chi connectivity index (χ0v) is 16.5. The Hall–Kier alpha value is -2.93. The quantitative estimate of drug-likeness (QED) is 0.849. The molecule has 0 fully saturated rings. The summed E-state index contributed by atoms with van der Waals surface area (Å²) in [4.78, 5) is 33.4. The number of carbonyl (C=O) groups excluding carboxylic acids is 2. The summed E-state index contributed by atoms with van der Waals surface area (Å²) in [5.74, 6) is 0.378. The van der Waals surface area contributed by atoms with E-state index in [1.54, 1.807) is 31.5 Å². The molecule has 0 radical (unpaired) electrons. The number of pyridine rings is 1. The molecule has 1 aliphatic rings. The van der Waals surface area contributed by atoms with Crippen LogP contribution in [0.5, 0.6) is 5.75 Å². The fourth-order valence-corrected chi connectivity index (χ4v) is 3.29. The van der Waals surface area contributed by atoms with Crippen molar-refractivity contribution in [3.8, 4) is 5.75 Å². The summed E-state index contributed by atoms with van der Waals surface area (Å²) in [7, 11) is 3.94. The third kappa shape index (κ3) is 4.67. The van der Waals surface area contributed by atoms with Crippen LogP contribution in [-0.4, -0.2) is 65.9 Å². The van der Waals surface area contributed by atoms with Crippen molar-refractivity contribution in [2.75, 3.05) is 27.2 Å². The van der Waals surface area contributed by atoms with E-state index in [9.17, 15) is 9.59 Å². The monoisotopic (exact) mass is 382 g/mol. The first kappa shape index (κ1) is 19.8. The van der Waals surface area contributed by atoms with Gasteiger partial charge in [-0.1, -0.05) is 18.2 Å². The molecule has 7 nitrogen and oxygen atoms in total. The van der Waals surface area contributed by atoms with Crippen LogP contribution in [0.25, 0.3) is 0 Å². The van der Waals surface area contributed by atoms with E-state index in [4.69, 9.17) is 4.74 Å². The van der Waals surface area contributed by atoms with Gasteiger partial charge < -0.3 is 19.9 Å². The third-order valence-corrected chi connectivity index (χ3v) is 4.70. The van der Waals surface area contributed by atoms with Crippen molar-refractivity contribution in [3.05, 3.63) is 59.9 Å². The lowest BCUT2D eigenvalue weighted by Crippen LogP contribution is -2.53. The molecule has 148 valence electrons. The van der Waals surface area contributed by atoms with Gasteiger partial charge in [-0.15, -0.1) is 0 Å². The molecule has 2 heterocycles. The summed E-state index contributed by atoms with van der Waals surface area (Å²) < 4.78 is 5.96. The van der Waals surface area contributed by atoms with Crippen molar-refractivity contribution >= 4 is 11.8 Å². The normalized spacial score (nSPS) is 17.3. The minimum absolute atomic E-state index is 0.116. The van der Waals surface area contributed by atoms with Gasteiger partial charge in [0.05, 0.1) is 6.04 Å². The fourth-order valence-electron chi connectivity index (χ4n) is 3.29. The molecule has 3 rings (SSSR count). The second-order valence-electron chi connectivity index (χ2n) is 7.23. The van der Waals surface area contributed by atoms with E-state index in [2.05, 4.69) is 10.3 Å². The molecule has 0 saturated carbocycles. The molecule has 28 heavy (non-hydrogen) atoms. The highest BCUT2D eigenvalue weighted by Gasteiger charge is 2.32. The molecule has 1 aromatic heterocycles. The molecule has 2 unspecified atom stereocenters. The van der Waals surface area contributed by atoms with Gasteiger partial charge in [-0.3, -0.25) is 14.6 Å². The van der Waals surface area contributed by atoms with Crippen LogP contribution in [0, 0.1) is 0 Å². The van der Waals surface area contributed by atoms with E-state index in [-0.39, 0.29) is 17.9 Å². The summed E-state index contributed by atoms with van der Waals surface area (Å²) in [6.07, 6.45) is 3.11. The van der Waals surface area contributed by atoms with Crippen LogP contribution in [0.4, 0.5) is 0 Å². The Bertz CT molecular complexity index is 825. The van der Waals surface area contributed by atoms with Crippen LogP contribution in [0.2, 0.25) is 0 Å². The van der Waals surface area contributed by atoms with Crippen LogP contribution in [0.15, 0.2) is 48.8 Å². The first-order valence-corrected chi connectivity index (χ1v) is 9.32. The Morgan fingerprint density at radius 2 is 1.96 bits per heavy atom. The Morgan fingerprint density at radius 1 is 1.25 bits per heavy atom. The summed E-state index contributed by atoms with van der Waals surface area (Å²) in [6, 6.07) is 10.2. The predicted molar refractivity (Wildman–Crippen MR) is 106 cm³/mol. The maximum atomic E-state index is 13.2. The molecular weight excluding hydrogens is 356 g/mol. The minimum Gasteiger partial charge on any atom is -0.491 e. The first-order valence-electron chi connectivity index (χ1n) is 9.32. The number of likely N-dealkylation sites (N-methyl/N-ethyl adjacent to an activating group) is 1. The molecule has 2 amide bonds. The molecular formula is C21H26N4O3. The van der Waals surface area contributed by atoms with Crippen molar-refractivity contribution in [3.63, 3.8) is 0 Å². The number of amides is 2. The van der Waals surface area contributed by atoms with Crippen LogP contribution >= 0.6 is 0 Å². The van der Waals surface area contributed by atoms with Crippen molar-refractivity contribution < 1.29 is 14.3 Å². The number of fused-ring (bicyclic) bond motifs is 1. The summed E-state index contributed by atoms with van der Waals surface area (Å²) >= 11 is 0. The molecule has 0 spiro atoms. The topological polar surface area (TPSA) is 74.8 Å². The second-order valence-corrected chi connectivity index (χ2v) is 7.23. The van der Waals surface area contributed by atoms with Crippen LogP contribution in [-0.2, 0) is 11.3 Å². The summed E-state index contributed by atoms with van der Waals surface area (Å²) in [5.41, 5.74) is 1.44. The SMILES string of the molecule is CC(NC(=O)c1ccncc1)C(=O)N1Cc2ccccc2OCC1CN(C)C. The highest BCUT2D eigenvalue weighted by molar-refractivity contribution is 5.97.